The number of benzene rings is 1. The molecule has 2 aromatic rings. The van der Waals surface area contributed by atoms with Gasteiger partial charge in [0.1, 0.15) is 0 Å². The van der Waals surface area contributed by atoms with E-state index in [9.17, 15) is 0 Å². The molecule has 0 saturated heterocycles. The maximum Gasteiger partial charge on any atom is 0.0650 e. The topological polar surface area (TPSA) is 40.7 Å². The quantitative estimate of drug-likeness (QED) is 0.753. The molecule has 0 atom stereocenters. The minimum Gasteiger partial charge on any atom is -0.313 e. The molecule has 0 unspecified atom stereocenters. The van der Waals surface area contributed by atoms with Crippen molar-refractivity contribution in [1.82, 2.24) is 15.5 Å². The summed E-state index contributed by atoms with van der Waals surface area (Å²) in [5.41, 5.74) is 3.56. The molecule has 84 valence electrons. The van der Waals surface area contributed by atoms with Crippen molar-refractivity contribution in [2.75, 3.05) is 6.54 Å². The third kappa shape index (κ3) is 2.70. The Balaban J connectivity index is 2.08. The Morgan fingerprint density at radius 2 is 2.25 bits per heavy atom. The van der Waals surface area contributed by atoms with Gasteiger partial charge in [-0.2, -0.15) is 5.10 Å². The lowest BCUT2D eigenvalue weighted by atomic mass is 10.1. The molecule has 0 aliphatic rings. The van der Waals surface area contributed by atoms with Gasteiger partial charge in [-0.05, 0) is 36.2 Å². The fourth-order valence-corrected chi connectivity index (χ4v) is 1.67. The number of H-pyrrole nitrogens is 1. The van der Waals surface area contributed by atoms with Crippen molar-refractivity contribution in [3.8, 4) is 11.3 Å². The largest absolute Gasteiger partial charge is 0.313 e. The van der Waals surface area contributed by atoms with Crippen LogP contribution in [0, 0.1) is 0 Å². The summed E-state index contributed by atoms with van der Waals surface area (Å²) in [6.07, 6.45) is 2.94. The third-order valence-corrected chi connectivity index (χ3v) is 2.49. The Morgan fingerprint density at radius 3 is 3.00 bits per heavy atom. The standard InChI is InChI=1S/C13H17N3/c1-2-7-14-10-11-4-3-5-12(9-11)13-6-8-15-16-13/h3-6,8-9,14H,2,7,10H2,1H3,(H,15,16). The molecule has 0 aliphatic carbocycles. The molecule has 0 radical (unpaired) electrons. The smallest absolute Gasteiger partial charge is 0.0650 e. The first-order chi connectivity index (χ1) is 7.90. The summed E-state index contributed by atoms with van der Waals surface area (Å²) in [5.74, 6) is 0. The van der Waals surface area contributed by atoms with Crippen LogP contribution in [0.3, 0.4) is 0 Å². The van der Waals surface area contributed by atoms with Gasteiger partial charge in [0, 0.05) is 12.7 Å². The number of nitrogens with one attached hydrogen (secondary N) is 2. The van der Waals surface area contributed by atoms with Crippen molar-refractivity contribution in [2.45, 2.75) is 19.9 Å². The van der Waals surface area contributed by atoms with E-state index < -0.39 is 0 Å². The Morgan fingerprint density at radius 1 is 1.31 bits per heavy atom. The van der Waals surface area contributed by atoms with Crippen molar-refractivity contribution in [3.05, 3.63) is 42.1 Å². The van der Waals surface area contributed by atoms with Crippen molar-refractivity contribution < 1.29 is 0 Å². The predicted octanol–water partition coefficient (Wildman–Crippen LogP) is 2.58. The highest BCUT2D eigenvalue weighted by Crippen LogP contribution is 2.17. The molecule has 0 bridgehead atoms. The summed E-state index contributed by atoms with van der Waals surface area (Å²) in [4.78, 5) is 0. The Bertz CT molecular complexity index is 421. The Kier molecular flexibility index (Phi) is 3.72. The van der Waals surface area contributed by atoms with Crippen LogP contribution in [-0.4, -0.2) is 16.7 Å². The Hall–Kier alpha value is -1.61. The number of nitrogens with zero attached hydrogens (tertiary/aromatic N) is 1. The van der Waals surface area contributed by atoms with Gasteiger partial charge in [-0.15, -0.1) is 0 Å². The molecule has 1 heterocycles. The maximum atomic E-state index is 3.96. The predicted molar refractivity (Wildman–Crippen MR) is 66.0 cm³/mol. The summed E-state index contributed by atoms with van der Waals surface area (Å²) < 4.78 is 0. The lowest BCUT2D eigenvalue weighted by Crippen LogP contribution is -2.13. The molecule has 1 aromatic heterocycles. The molecule has 2 rings (SSSR count). The van der Waals surface area contributed by atoms with Crippen molar-refractivity contribution >= 4 is 0 Å². The van der Waals surface area contributed by atoms with Crippen molar-refractivity contribution in [3.63, 3.8) is 0 Å². The van der Waals surface area contributed by atoms with E-state index in [2.05, 4.69) is 46.7 Å². The van der Waals surface area contributed by atoms with Crippen LogP contribution in [0.1, 0.15) is 18.9 Å². The number of rotatable bonds is 5. The van der Waals surface area contributed by atoms with Gasteiger partial charge in [0.25, 0.3) is 0 Å². The van der Waals surface area contributed by atoms with Crippen LogP contribution in [0.15, 0.2) is 36.5 Å². The summed E-state index contributed by atoms with van der Waals surface area (Å²) in [6, 6.07) is 10.5. The third-order valence-electron chi connectivity index (χ3n) is 2.49. The van der Waals surface area contributed by atoms with Gasteiger partial charge in [0.15, 0.2) is 0 Å². The van der Waals surface area contributed by atoms with Crippen LogP contribution in [-0.2, 0) is 6.54 Å². The second-order valence-electron chi connectivity index (χ2n) is 3.85. The Labute approximate surface area is 95.9 Å². The molecule has 16 heavy (non-hydrogen) atoms. The molecule has 3 heteroatoms. The normalized spacial score (nSPS) is 10.6. The van der Waals surface area contributed by atoms with E-state index in [1.165, 1.54) is 17.5 Å². The van der Waals surface area contributed by atoms with E-state index in [1.807, 2.05) is 6.07 Å². The molecule has 1 aromatic carbocycles. The fourth-order valence-electron chi connectivity index (χ4n) is 1.67. The van der Waals surface area contributed by atoms with Crippen LogP contribution in [0.2, 0.25) is 0 Å². The first-order valence-electron chi connectivity index (χ1n) is 5.69. The van der Waals surface area contributed by atoms with E-state index in [0.717, 1.165) is 18.8 Å². The number of aromatic amines is 1. The van der Waals surface area contributed by atoms with Crippen LogP contribution in [0.25, 0.3) is 11.3 Å². The summed E-state index contributed by atoms with van der Waals surface area (Å²) in [5, 5.41) is 10.3. The van der Waals surface area contributed by atoms with Crippen LogP contribution < -0.4 is 5.32 Å². The molecular weight excluding hydrogens is 198 g/mol. The van der Waals surface area contributed by atoms with Gasteiger partial charge < -0.3 is 5.32 Å². The SMILES string of the molecule is CCCNCc1cccc(-c2ccn[nH]2)c1. The molecule has 0 saturated carbocycles. The lowest BCUT2D eigenvalue weighted by molar-refractivity contribution is 0.675. The molecule has 0 spiro atoms. The second-order valence-corrected chi connectivity index (χ2v) is 3.85. The molecule has 0 fully saturated rings. The minimum absolute atomic E-state index is 0.926. The average Bonchev–Trinajstić information content (AvgIpc) is 2.83. The van der Waals surface area contributed by atoms with Gasteiger partial charge in [-0.25, -0.2) is 0 Å². The van der Waals surface area contributed by atoms with Crippen LogP contribution in [0.4, 0.5) is 0 Å². The van der Waals surface area contributed by atoms with Gasteiger partial charge in [0.2, 0.25) is 0 Å². The zero-order valence-corrected chi connectivity index (χ0v) is 9.53. The zero-order valence-electron chi connectivity index (χ0n) is 9.53. The molecule has 2 N–H and O–H groups in total. The maximum absolute atomic E-state index is 3.96. The van der Waals surface area contributed by atoms with Gasteiger partial charge >= 0.3 is 0 Å². The number of aromatic nitrogens is 2. The van der Waals surface area contributed by atoms with E-state index in [-0.39, 0.29) is 0 Å². The van der Waals surface area contributed by atoms with Gasteiger partial charge in [0.05, 0.1) is 5.69 Å². The first kappa shape index (κ1) is 10.9. The first-order valence-corrected chi connectivity index (χ1v) is 5.69. The minimum atomic E-state index is 0.926. The highest BCUT2D eigenvalue weighted by atomic mass is 15.1. The molecule has 0 aliphatic heterocycles. The lowest BCUT2D eigenvalue weighted by Gasteiger charge is -2.05. The highest BCUT2D eigenvalue weighted by Gasteiger charge is 1.99. The zero-order chi connectivity index (χ0) is 11.2. The molecule has 0 amide bonds. The summed E-state index contributed by atoms with van der Waals surface area (Å²) >= 11 is 0. The van der Waals surface area contributed by atoms with E-state index in [1.54, 1.807) is 6.20 Å². The second kappa shape index (κ2) is 5.47. The van der Waals surface area contributed by atoms with Crippen LogP contribution >= 0.6 is 0 Å². The number of hydrogen-bond donors (Lipinski definition) is 2. The van der Waals surface area contributed by atoms with E-state index >= 15 is 0 Å². The summed E-state index contributed by atoms with van der Waals surface area (Å²) in [6.45, 7) is 4.16. The van der Waals surface area contributed by atoms with Crippen molar-refractivity contribution in [1.29, 1.82) is 0 Å². The fraction of sp³-hybridized carbons (Fsp3) is 0.308. The molecular formula is C13H17N3. The molecule has 3 nitrogen and oxygen atoms in total. The van der Waals surface area contributed by atoms with Crippen LogP contribution in [0.5, 0.6) is 0 Å². The summed E-state index contributed by atoms with van der Waals surface area (Å²) in [7, 11) is 0. The van der Waals surface area contributed by atoms with E-state index in [0.29, 0.717) is 0 Å². The van der Waals surface area contributed by atoms with E-state index in [4.69, 9.17) is 0 Å². The number of hydrogen-bond acceptors (Lipinski definition) is 2. The average molecular weight is 215 g/mol. The van der Waals surface area contributed by atoms with Gasteiger partial charge in [-0.1, -0.05) is 25.1 Å². The monoisotopic (exact) mass is 215 g/mol. The highest BCUT2D eigenvalue weighted by molar-refractivity contribution is 5.59. The van der Waals surface area contributed by atoms with Crippen molar-refractivity contribution in [2.24, 2.45) is 0 Å². The van der Waals surface area contributed by atoms with Gasteiger partial charge in [-0.3, -0.25) is 5.10 Å².